The molecule has 0 aliphatic carbocycles. The lowest BCUT2D eigenvalue weighted by Crippen LogP contribution is -2.42. The first-order chi connectivity index (χ1) is 15.6. The molecule has 0 radical (unpaired) electrons. The van der Waals surface area contributed by atoms with E-state index in [0.29, 0.717) is 0 Å². The Bertz CT molecular complexity index is 592. The lowest BCUT2D eigenvalue weighted by Gasteiger charge is -2.21. The minimum atomic E-state index is -1.02. The van der Waals surface area contributed by atoms with Crippen molar-refractivity contribution in [2.24, 2.45) is 0 Å². The summed E-state index contributed by atoms with van der Waals surface area (Å²) in [5.41, 5.74) is 0. The summed E-state index contributed by atoms with van der Waals surface area (Å²) in [4.78, 5) is 27.6. The number of carbonyl (C=O) groups excluding carboxylic acids is 1. The van der Waals surface area contributed by atoms with Crippen LogP contribution in [-0.4, -0.2) is 45.4 Å². The van der Waals surface area contributed by atoms with E-state index >= 15 is 0 Å². The Morgan fingerprint density at radius 3 is 2.00 bits per heavy atom. The van der Waals surface area contributed by atoms with Crippen LogP contribution >= 0.6 is 0 Å². The highest BCUT2D eigenvalue weighted by Crippen LogP contribution is 2.16. The van der Waals surface area contributed by atoms with Gasteiger partial charge in [-0.05, 0) is 12.8 Å². The first-order valence-electron chi connectivity index (χ1n) is 12.7. The Balaban J connectivity index is 2.45. The largest absolute Gasteiger partial charge is 0.481 e. The number of ether oxygens (including phenoxy) is 1. The number of hydrogen-bond acceptors (Lipinski definition) is 5. The standard InChI is InChI=1S/C25H45N3O4/c1-3-5-7-9-10-12-14-16-22(15-13-11-8-6-4-2)32-21-27-23(19-24(29)30)25(31)28-18-17-26-20-28/h17-18,20,22-23,27H,3-16,19,21H2,1-2H3,(H,29,30). The molecule has 1 rings (SSSR count). The molecular formula is C25H45N3O4. The Morgan fingerprint density at radius 1 is 0.938 bits per heavy atom. The highest BCUT2D eigenvalue weighted by atomic mass is 16.5. The lowest BCUT2D eigenvalue weighted by atomic mass is 10.0. The van der Waals surface area contributed by atoms with Crippen LogP contribution in [0.1, 0.15) is 115 Å². The number of nitrogens with one attached hydrogen (secondary N) is 1. The van der Waals surface area contributed by atoms with Gasteiger partial charge in [-0.15, -0.1) is 0 Å². The molecule has 2 atom stereocenters. The molecule has 0 spiro atoms. The summed E-state index contributed by atoms with van der Waals surface area (Å²) in [6.07, 6.45) is 21.3. The van der Waals surface area contributed by atoms with Gasteiger partial charge in [0.25, 0.3) is 0 Å². The molecule has 1 aromatic heterocycles. The van der Waals surface area contributed by atoms with Gasteiger partial charge in [-0.1, -0.05) is 90.9 Å². The third-order valence-corrected chi connectivity index (χ3v) is 5.84. The maximum Gasteiger partial charge on any atom is 0.305 e. The number of carboxylic acids is 1. The molecule has 7 nitrogen and oxygen atoms in total. The van der Waals surface area contributed by atoms with Crippen molar-refractivity contribution in [1.82, 2.24) is 14.9 Å². The van der Waals surface area contributed by atoms with Crippen LogP contribution in [0.15, 0.2) is 18.7 Å². The Hall–Kier alpha value is -1.73. The number of carbonyl (C=O) groups is 2. The number of rotatable bonds is 21. The van der Waals surface area contributed by atoms with Crippen molar-refractivity contribution in [2.75, 3.05) is 6.73 Å². The summed E-state index contributed by atoms with van der Waals surface area (Å²) in [6, 6.07) is -0.842. The van der Waals surface area contributed by atoms with E-state index < -0.39 is 12.0 Å². The summed E-state index contributed by atoms with van der Waals surface area (Å²) in [5, 5.41) is 12.2. The maximum absolute atomic E-state index is 12.6. The minimum absolute atomic E-state index is 0.147. The van der Waals surface area contributed by atoms with E-state index in [1.54, 1.807) is 0 Å². The molecule has 0 aromatic carbocycles. The third kappa shape index (κ3) is 13.6. The monoisotopic (exact) mass is 451 g/mol. The van der Waals surface area contributed by atoms with Crippen LogP contribution < -0.4 is 5.32 Å². The van der Waals surface area contributed by atoms with Gasteiger partial charge < -0.3 is 9.84 Å². The summed E-state index contributed by atoms with van der Waals surface area (Å²) >= 11 is 0. The van der Waals surface area contributed by atoms with Crippen molar-refractivity contribution in [3.63, 3.8) is 0 Å². The van der Waals surface area contributed by atoms with E-state index in [0.717, 1.165) is 25.7 Å². The van der Waals surface area contributed by atoms with Crippen LogP contribution in [0.5, 0.6) is 0 Å². The van der Waals surface area contributed by atoms with Crippen molar-refractivity contribution in [2.45, 2.75) is 122 Å². The number of unbranched alkanes of at least 4 members (excludes halogenated alkanes) is 10. The number of carboxylic acid groups (broad SMARTS) is 1. The number of hydrogen-bond donors (Lipinski definition) is 2. The Morgan fingerprint density at radius 2 is 1.50 bits per heavy atom. The molecule has 0 aliphatic rings. The molecule has 7 heteroatoms. The summed E-state index contributed by atoms with van der Waals surface area (Å²) in [6.45, 7) is 4.63. The Kier molecular flexibility index (Phi) is 16.6. The van der Waals surface area contributed by atoms with E-state index in [9.17, 15) is 14.7 Å². The Labute approximate surface area is 194 Å². The predicted molar refractivity (Wildman–Crippen MR) is 128 cm³/mol. The van der Waals surface area contributed by atoms with Crippen molar-refractivity contribution in [3.05, 3.63) is 18.7 Å². The van der Waals surface area contributed by atoms with E-state index in [1.807, 2.05) is 0 Å². The number of imidazole rings is 1. The average molecular weight is 452 g/mol. The normalized spacial score (nSPS) is 13.2. The van der Waals surface area contributed by atoms with Crippen molar-refractivity contribution in [3.8, 4) is 0 Å². The van der Waals surface area contributed by atoms with Crippen molar-refractivity contribution in [1.29, 1.82) is 0 Å². The van der Waals surface area contributed by atoms with Crippen molar-refractivity contribution < 1.29 is 19.4 Å². The van der Waals surface area contributed by atoms with Gasteiger partial charge in [0.15, 0.2) is 0 Å². The zero-order valence-corrected chi connectivity index (χ0v) is 20.3. The molecule has 0 aliphatic heterocycles. The van der Waals surface area contributed by atoms with E-state index in [2.05, 4.69) is 24.1 Å². The fraction of sp³-hybridized carbons (Fsp3) is 0.800. The maximum atomic E-state index is 12.6. The van der Waals surface area contributed by atoms with Gasteiger partial charge in [0.2, 0.25) is 5.91 Å². The average Bonchev–Trinajstić information content (AvgIpc) is 3.31. The molecule has 0 bridgehead atoms. The molecule has 32 heavy (non-hydrogen) atoms. The second-order valence-electron chi connectivity index (χ2n) is 8.71. The molecular weight excluding hydrogens is 406 g/mol. The van der Waals surface area contributed by atoms with Gasteiger partial charge in [-0.25, -0.2) is 4.98 Å². The van der Waals surface area contributed by atoms with Crippen molar-refractivity contribution >= 4 is 11.9 Å². The quantitative estimate of drug-likeness (QED) is 0.181. The van der Waals surface area contributed by atoms with Gasteiger partial charge in [-0.3, -0.25) is 19.5 Å². The van der Waals surface area contributed by atoms with Gasteiger partial charge >= 0.3 is 5.97 Å². The fourth-order valence-corrected chi connectivity index (χ4v) is 3.87. The van der Waals surface area contributed by atoms with Gasteiger partial charge in [-0.2, -0.15) is 0 Å². The second kappa shape index (κ2) is 18.8. The van der Waals surface area contributed by atoms with Gasteiger partial charge in [0.05, 0.1) is 25.3 Å². The molecule has 2 N–H and O–H groups in total. The summed E-state index contributed by atoms with van der Waals surface area (Å²) in [5.74, 6) is -1.36. The minimum Gasteiger partial charge on any atom is -0.481 e. The van der Waals surface area contributed by atoms with Crippen LogP contribution in [-0.2, 0) is 9.53 Å². The lowest BCUT2D eigenvalue weighted by molar-refractivity contribution is -0.137. The molecule has 2 unspecified atom stereocenters. The molecule has 0 amide bonds. The van der Waals surface area contributed by atoms with Gasteiger partial charge in [0.1, 0.15) is 6.33 Å². The highest BCUT2D eigenvalue weighted by Gasteiger charge is 2.23. The molecule has 0 saturated heterocycles. The first kappa shape index (κ1) is 28.3. The molecule has 0 fully saturated rings. The summed E-state index contributed by atoms with van der Waals surface area (Å²) < 4.78 is 7.40. The fourth-order valence-electron chi connectivity index (χ4n) is 3.87. The number of aromatic nitrogens is 2. The van der Waals surface area contributed by atoms with E-state index in [-0.39, 0.29) is 25.2 Å². The van der Waals surface area contributed by atoms with Gasteiger partial charge in [0, 0.05) is 12.4 Å². The van der Waals surface area contributed by atoms with Crippen LogP contribution in [0.25, 0.3) is 0 Å². The topological polar surface area (TPSA) is 93.5 Å². The highest BCUT2D eigenvalue weighted by molar-refractivity contribution is 5.87. The van der Waals surface area contributed by atoms with Crippen LogP contribution in [0.4, 0.5) is 0 Å². The summed E-state index contributed by atoms with van der Waals surface area (Å²) in [7, 11) is 0. The van der Waals surface area contributed by atoms with E-state index in [1.165, 1.54) is 87.5 Å². The van der Waals surface area contributed by atoms with Crippen LogP contribution in [0, 0.1) is 0 Å². The number of nitrogens with zero attached hydrogens (tertiary/aromatic N) is 2. The molecule has 184 valence electrons. The van der Waals surface area contributed by atoms with Crippen LogP contribution in [0.2, 0.25) is 0 Å². The zero-order valence-electron chi connectivity index (χ0n) is 20.3. The first-order valence-corrected chi connectivity index (χ1v) is 12.7. The molecule has 1 aromatic rings. The second-order valence-corrected chi connectivity index (χ2v) is 8.71. The predicted octanol–water partition coefficient (Wildman–Crippen LogP) is 5.80. The SMILES string of the molecule is CCCCCCCCCC(CCCCCCC)OCNC(CC(=O)O)C(=O)n1ccnc1. The zero-order chi connectivity index (χ0) is 23.4. The third-order valence-electron chi connectivity index (χ3n) is 5.84. The van der Waals surface area contributed by atoms with E-state index in [4.69, 9.17) is 4.74 Å². The molecule has 1 heterocycles. The van der Waals surface area contributed by atoms with Crippen LogP contribution in [0.3, 0.4) is 0 Å². The smallest absolute Gasteiger partial charge is 0.305 e. The number of aliphatic carboxylic acids is 1. The molecule has 0 saturated carbocycles.